The summed E-state index contributed by atoms with van der Waals surface area (Å²) in [5, 5.41) is 2.22. The summed E-state index contributed by atoms with van der Waals surface area (Å²) in [5.74, 6) is -0.811. The van der Waals surface area contributed by atoms with Crippen molar-refractivity contribution in [2.45, 2.75) is 32.8 Å². The number of amides is 2. The Morgan fingerprint density at radius 1 is 1.33 bits per heavy atom. The van der Waals surface area contributed by atoms with Gasteiger partial charge in [-0.15, -0.1) is 0 Å². The van der Waals surface area contributed by atoms with Gasteiger partial charge in [0.1, 0.15) is 6.54 Å². The topological polar surface area (TPSA) is 75.7 Å². The van der Waals surface area contributed by atoms with Crippen LogP contribution < -0.4 is 5.32 Å². The third kappa shape index (κ3) is 4.01. The van der Waals surface area contributed by atoms with Crippen molar-refractivity contribution in [1.82, 2.24) is 10.2 Å². The zero-order valence-electron chi connectivity index (χ0n) is 10.8. The minimum Gasteiger partial charge on any atom is -0.451 e. The molecule has 1 aliphatic heterocycles. The molecule has 1 N–H and O–H groups in total. The number of hydrogen-bond donors (Lipinski definition) is 1. The molecule has 1 aliphatic rings. The maximum atomic E-state index is 12.2. The van der Waals surface area contributed by atoms with Crippen LogP contribution in [0.15, 0.2) is 0 Å². The van der Waals surface area contributed by atoms with Crippen LogP contribution in [0.1, 0.15) is 26.7 Å². The molecule has 0 bridgehead atoms. The van der Waals surface area contributed by atoms with Crippen molar-refractivity contribution < 1.29 is 19.1 Å². The standard InChI is InChI=1S/C12H20N2O4/c1-9(2)11(18-10(16)7-13-8-15)12(17)14-5-3-4-6-14/h8-9,11H,3-7H2,1-2H3,(H,13,15). The third-order valence-electron chi connectivity index (χ3n) is 2.85. The molecule has 0 saturated carbocycles. The summed E-state index contributed by atoms with van der Waals surface area (Å²) in [5.41, 5.74) is 0. The van der Waals surface area contributed by atoms with E-state index in [0.29, 0.717) is 6.41 Å². The zero-order valence-corrected chi connectivity index (χ0v) is 10.8. The highest BCUT2D eigenvalue weighted by molar-refractivity contribution is 5.85. The van der Waals surface area contributed by atoms with Crippen molar-refractivity contribution in [3.8, 4) is 0 Å². The maximum absolute atomic E-state index is 12.2. The second kappa shape index (κ2) is 6.98. The first-order valence-electron chi connectivity index (χ1n) is 6.21. The van der Waals surface area contributed by atoms with Gasteiger partial charge in [0, 0.05) is 13.1 Å². The average Bonchev–Trinajstić information content (AvgIpc) is 2.85. The Morgan fingerprint density at radius 2 is 1.94 bits per heavy atom. The van der Waals surface area contributed by atoms with E-state index in [-0.39, 0.29) is 18.4 Å². The molecule has 0 aromatic heterocycles. The van der Waals surface area contributed by atoms with Crippen molar-refractivity contribution >= 4 is 18.3 Å². The molecule has 0 aliphatic carbocycles. The molecule has 1 rings (SSSR count). The Hall–Kier alpha value is -1.59. The molecule has 0 aromatic rings. The van der Waals surface area contributed by atoms with Gasteiger partial charge in [0.25, 0.3) is 5.91 Å². The molecule has 1 fully saturated rings. The summed E-state index contributed by atoms with van der Waals surface area (Å²) < 4.78 is 5.14. The number of carbonyl (C=O) groups excluding carboxylic acids is 3. The number of carbonyl (C=O) groups is 3. The van der Waals surface area contributed by atoms with Crippen molar-refractivity contribution in [2.75, 3.05) is 19.6 Å². The van der Waals surface area contributed by atoms with Crippen LogP contribution >= 0.6 is 0 Å². The van der Waals surface area contributed by atoms with E-state index < -0.39 is 12.1 Å². The van der Waals surface area contributed by atoms with Crippen molar-refractivity contribution in [1.29, 1.82) is 0 Å². The van der Waals surface area contributed by atoms with Gasteiger partial charge in [0.2, 0.25) is 6.41 Å². The molecule has 6 nitrogen and oxygen atoms in total. The Bertz CT molecular complexity index is 311. The van der Waals surface area contributed by atoms with Crippen LogP contribution in [0, 0.1) is 5.92 Å². The quantitative estimate of drug-likeness (QED) is 0.533. The summed E-state index contributed by atoms with van der Waals surface area (Å²) in [6.07, 6.45) is 1.66. The molecule has 1 unspecified atom stereocenters. The van der Waals surface area contributed by atoms with E-state index in [1.807, 2.05) is 13.8 Å². The monoisotopic (exact) mass is 256 g/mol. The second-order valence-electron chi connectivity index (χ2n) is 4.69. The molecular weight excluding hydrogens is 236 g/mol. The van der Waals surface area contributed by atoms with Gasteiger partial charge < -0.3 is 15.0 Å². The van der Waals surface area contributed by atoms with E-state index in [9.17, 15) is 14.4 Å². The van der Waals surface area contributed by atoms with E-state index >= 15 is 0 Å². The largest absolute Gasteiger partial charge is 0.451 e. The smallest absolute Gasteiger partial charge is 0.326 e. The summed E-state index contributed by atoms with van der Waals surface area (Å²) in [6, 6.07) is 0. The molecular formula is C12H20N2O4. The zero-order chi connectivity index (χ0) is 13.5. The van der Waals surface area contributed by atoms with Crippen LogP contribution in [-0.4, -0.2) is 48.9 Å². The molecule has 1 atom stereocenters. The van der Waals surface area contributed by atoms with E-state index in [1.54, 1.807) is 4.90 Å². The molecule has 2 amide bonds. The molecule has 102 valence electrons. The van der Waals surface area contributed by atoms with Gasteiger partial charge in [-0.25, -0.2) is 0 Å². The normalized spacial score (nSPS) is 16.5. The Morgan fingerprint density at radius 3 is 2.44 bits per heavy atom. The summed E-state index contributed by atoms with van der Waals surface area (Å²) in [4.78, 5) is 35.4. The SMILES string of the molecule is CC(C)C(OC(=O)CNC=O)C(=O)N1CCCC1. The number of nitrogens with zero attached hydrogens (tertiary/aromatic N) is 1. The fraction of sp³-hybridized carbons (Fsp3) is 0.750. The number of likely N-dealkylation sites (tertiary alicyclic amines) is 1. The predicted molar refractivity (Wildman–Crippen MR) is 64.6 cm³/mol. The number of nitrogens with one attached hydrogen (secondary N) is 1. The molecule has 0 spiro atoms. The number of ether oxygens (including phenoxy) is 1. The van der Waals surface area contributed by atoms with Crippen LogP contribution in [0.3, 0.4) is 0 Å². The summed E-state index contributed by atoms with van der Waals surface area (Å²) >= 11 is 0. The number of esters is 1. The van der Waals surface area contributed by atoms with Gasteiger partial charge in [0.05, 0.1) is 0 Å². The molecule has 0 radical (unpaired) electrons. The lowest BCUT2D eigenvalue weighted by Gasteiger charge is -2.25. The minimum atomic E-state index is -0.760. The summed E-state index contributed by atoms with van der Waals surface area (Å²) in [6.45, 7) is 4.91. The van der Waals surface area contributed by atoms with Crippen LogP contribution in [0.5, 0.6) is 0 Å². The lowest BCUT2D eigenvalue weighted by molar-refractivity contribution is -0.162. The Kier molecular flexibility index (Phi) is 5.61. The van der Waals surface area contributed by atoms with Gasteiger partial charge in [-0.05, 0) is 18.8 Å². The van der Waals surface area contributed by atoms with E-state index in [1.165, 1.54) is 0 Å². The first kappa shape index (κ1) is 14.5. The first-order chi connectivity index (χ1) is 8.56. The number of rotatable bonds is 6. The van der Waals surface area contributed by atoms with Crippen LogP contribution in [0.2, 0.25) is 0 Å². The highest BCUT2D eigenvalue weighted by Gasteiger charge is 2.31. The van der Waals surface area contributed by atoms with E-state index in [4.69, 9.17) is 4.74 Å². The van der Waals surface area contributed by atoms with Gasteiger partial charge in [-0.2, -0.15) is 0 Å². The highest BCUT2D eigenvalue weighted by atomic mass is 16.5. The van der Waals surface area contributed by atoms with Gasteiger partial charge in [-0.1, -0.05) is 13.8 Å². The molecule has 1 heterocycles. The van der Waals surface area contributed by atoms with Gasteiger partial charge in [-0.3, -0.25) is 14.4 Å². The summed E-state index contributed by atoms with van der Waals surface area (Å²) in [7, 11) is 0. The first-order valence-corrected chi connectivity index (χ1v) is 6.21. The average molecular weight is 256 g/mol. The maximum Gasteiger partial charge on any atom is 0.326 e. The van der Waals surface area contributed by atoms with Crippen LogP contribution in [0.4, 0.5) is 0 Å². The van der Waals surface area contributed by atoms with E-state index in [0.717, 1.165) is 25.9 Å². The van der Waals surface area contributed by atoms with Crippen molar-refractivity contribution in [3.05, 3.63) is 0 Å². The second-order valence-corrected chi connectivity index (χ2v) is 4.69. The molecule has 1 saturated heterocycles. The number of hydrogen-bond acceptors (Lipinski definition) is 4. The van der Waals surface area contributed by atoms with Crippen LogP contribution in [-0.2, 0) is 19.1 Å². The van der Waals surface area contributed by atoms with E-state index in [2.05, 4.69) is 5.32 Å². The van der Waals surface area contributed by atoms with Gasteiger partial charge in [0.15, 0.2) is 6.10 Å². The minimum absolute atomic E-state index is 0.0849. The van der Waals surface area contributed by atoms with Gasteiger partial charge >= 0.3 is 5.97 Å². The highest BCUT2D eigenvalue weighted by Crippen LogP contribution is 2.15. The predicted octanol–water partition coefficient (Wildman–Crippen LogP) is -0.0774. The molecule has 0 aromatic carbocycles. The van der Waals surface area contributed by atoms with Crippen molar-refractivity contribution in [3.63, 3.8) is 0 Å². The molecule has 18 heavy (non-hydrogen) atoms. The fourth-order valence-corrected chi connectivity index (χ4v) is 1.90. The van der Waals surface area contributed by atoms with Crippen LogP contribution in [0.25, 0.3) is 0 Å². The third-order valence-corrected chi connectivity index (χ3v) is 2.85. The van der Waals surface area contributed by atoms with Crippen molar-refractivity contribution in [2.24, 2.45) is 5.92 Å². The fourth-order valence-electron chi connectivity index (χ4n) is 1.90. The molecule has 6 heteroatoms. The Labute approximate surface area is 107 Å². The Balaban J connectivity index is 2.55. The lowest BCUT2D eigenvalue weighted by atomic mass is 10.1. The lowest BCUT2D eigenvalue weighted by Crippen LogP contribution is -2.43.